The minimum absolute atomic E-state index is 0.332. The fourth-order valence-corrected chi connectivity index (χ4v) is 2.52. The SMILES string of the molecule is COC(=O)c1ccc(Cn2ccnc2-c2cccc(OC)c2)cc1. The molecule has 1 aromatic heterocycles. The fourth-order valence-electron chi connectivity index (χ4n) is 2.52. The van der Waals surface area contributed by atoms with Gasteiger partial charge in [0.05, 0.1) is 19.8 Å². The van der Waals surface area contributed by atoms with Crippen LogP contribution in [0.4, 0.5) is 0 Å². The number of carbonyl (C=O) groups excluding carboxylic acids is 1. The van der Waals surface area contributed by atoms with Crippen molar-refractivity contribution in [2.75, 3.05) is 14.2 Å². The average molecular weight is 322 g/mol. The first-order valence-electron chi connectivity index (χ1n) is 7.54. The molecular weight excluding hydrogens is 304 g/mol. The predicted molar refractivity (Wildman–Crippen MR) is 91.1 cm³/mol. The van der Waals surface area contributed by atoms with Crippen LogP contribution in [0.15, 0.2) is 60.9 Å². The zero-order valence-electron chi connectivity index (χ0n) is 13.6. The normalized spacial score (nSPS) is 10.4. The molecule has 5 heteroatoms. The van der Waals surface area contributed by atoms with Gasteiger partial charge in [0, 0.05) is 24.5 Å². The first-order chi connectivity index (χ1) is 11.7. The molecule has 0 unspecified atom stereocenters. The predicted octanol–water partition coefficient (Wildman–Crippen LogP) is 3.39. The summed E-state index contributed by atoms with van der Waals surface area (Å²) < 4.78 is 12.0. The number of esters is 1. The van der Waals surface area contributed by atoms with Gasteiger partial charge in [0.25, 0.3) is 0 Å². The summed E-state index contributed by atoms with van der Waals surface area (Å²) in [5.74, 6) is 1.33. The number of carbonyl (C=O) groups is 1. The van der Waals surface area contributed by atoms with E-state index >= 15 is 0 Å². The van der Waals surface area contributed by atoms with Crippen molar-refractivity contribution in [1.82, 2.24) is 9.55 Å². The van der Waals surface area contributed by atoms with Gasteiger partial charge in [-0.2, -0.15) is 0 Å². The van der Waals surface area contributed by atoms with Gasteiger partial charge in [-0.25, -0.2) is 9.78 Å². The van der Waals surface area contributed by atoms with E-state index < -0.39 is 0 Å². The van der Waals surface area contributed by atoms with Crippen molar-refractivity contribution in [1.29, 1.82) is 0 Å². The number of hydrogen-bond donors (Lipinski definition) is 0. The number of ether oxygens (including phenoxy) is 2. The molecule has 24 heavy (non-hydrogen) atoms. The lowest BCUT2D eigenvalue weighted by Crippen LogP contribution is -2.03. The van der Waals surface area contributed by atoms with Crippen LogP contribution in [0.25, 0.3) is 11.4 Å². The topological polar surface area (TPSA) is 53.4 Å². The Labute approximate surface area is 140 Å². The molecule has 0 radical (unpaired) electrons. The third-order valence-corrected chi connectivity index (χ3v) is 3.77. The molecule has 0 aliphatic heterocycles. The van der Waals surface area contributed by atoms with E-state index in [1.165, 1.54) is 7.11 Å². The van der Waals surface area contributed by atoms with E-state index in [1.807, 2.05) is 42.6 Å². The second-order valence-corrected chi connectivity index (χ2v) is 5.30. The zero-order valence-corrected chi connectivity index (χ0v) is 13.6. The van der Waals surface area contributed by atoms with Crippen LogP contribution in [0.1, 0.15) is 15.9 Å². The molecule has 0 saturated heterocycles. The highest BCUT2D eigenvalue weighted by molar-refractivity contribution is 5.89. The summed E-state index contributed by atoms with van der Waals surface area (Å²) in [6.07, 6.45) is 3.71. The molecule has 0 aliphatic rings. The standard InChI is InChI=1S/C19H18N2O3/c1-23-17-5-3-4-16(12-17)18-20-10-11-21(18)13-14-6-8-15(9-7-14)19(22)24-2/h3-12H,13H2,1-2H3. The summed E-state index contributed by atoms with van der Waals surface area (Å²) in [6, 6.07) is 15.2. The Kier molecular flexibility index (Phi) is 4.61. The minimum atomic E-state index is -0.332. The number of nitrogens with zero attached hydrogens (tertiary/aromatic N) is 2. The molecular formula is C19H18N2O3. The van der Waals surface area contributed by atoms with Crippen LogP contribution in [0, 0.1) is 0 Å². The van der Waals surface area contributed by atoms with Gasteiger partial charge in [0.1, 0.15) is 11.6 Å². The summed E-state index contributed by atoms with van der Waals surface area (Å²) in [6.45, 7) is 0.661. The van der Waals surface area contributed by atoms with E-state index in [4.69, 9.17) is 9.47 Å². The fraction of sp³-hybridized carbons (Fsp3) is 0.158. The molecule has 0 fully saturated rings. The summed E-state index contributed by atoms with van der Waals surface area (Å²) in [7, 11) is 3.02. The maximum Gasteiger partial charge on any atom is 0.337 e. The highest BCUT2D eigenvalue weighted by Gasteiger charge is 2.09. The lowest BCUT2D eigenvalue weighted by Gasteiger charge is -2.09. The summed E-state index contributed by atoms with van der Waals surface area (Å²) in [5.41, 5.74) is 2.61. The Bertz CT molecular complexity index is 838. The summed E-state index contributed by atoms with van der Waals surface area (Å²) in [4.78, 5) is 15.9. The van der Waals surface area contributed by atoms with E-state index in [1.54, 1.807) is 25.4 Å². The summed E-state index contributed by atoms with van der Waals surface area (Å²) in [5, 5.41) is 0. The van der Waals surface area contributed by atoms with E-state index in [2.05, 4.69) is 9.55 Å². The van der Waals surface area contributed by atoms with Gasteiger partial charge in [0.15, 0.2) is 0 Å². The number of imidazole rings is 1. The van der Waals surface area contributed by atoms with Crippen LogP contribution in [0.5, 0.6) is 5.75 Å². The Morgan fingerprint density at radius 1 is 1.12 bits per heavy atom. The maximum absolute atomic E-state index is 11.5. The monoisotopic (exact) mass is 322 g/mol. The van der Waals surface area contributed by atoms with Gasteiger partial charge in [-0.3, -0.25) is 0 Å². The zero-order chi connectivity index (χ0) is 16.9. The van der Waals surface area contributed by atoms with Gasteiger partial charge in [-0.05, 0) is 29.8 Å². The van der Waals surface area contributed by atoms with Gasteiger partial charge < -0.3 is 14.0 Å². The number of aromatic nitrogens is 2. The van der Waals surface area contributed by atoms with E-state index in [0.717, 1.165) is 22.7 Å². The lowest BCUT2D eigenvalue weighted by molar-refractivity contribution is 0.0600. The van der Waals surface area contributed by atoms with Crippen molar-refractivity contribution in [2.24, 2.45) is 0 Å². The summed E-state index contributed by atoms with van der Waals surface area (Å²) >= 11 is 0. The number of rotatable bonds is 5. The Hall–Kier alpha value is -3.08. The molecule has 1 heterocycles. The Morgan fingerprint density at radius 3 is 2.62 bits per heavy atom. The molecule has 0 spiro atoms. The largest absolute Gasteiger partial charge is 0.497 e. The van der Waals surface area contributed by atoms with Crippen molar-refractivity contribution in [3.8, 4) is 17.1 Å². The minimum Gasteiger partial charge on any atom is -0.497 e. The van der Waals surface area contributed by atoms with Crippen LogP contribution in [0.2, 0.25) is 0 Å². The first kappa shape index (κ1) is 15.8. The molecule has 3 aromatic rings. The van der Waals surface area contributed by atoms with Crippen LogP contribution in [0.3, 0.4) is 0 Å². The lowest BCUT2D eigenvalue weighted by atomic mass is 10.1. The molecule has 5 nitrogen and oxygen atoms in total. The van der Waals surface area contributed by atoms with Crippen molar-refractivity contribution in [2.45, 2.75) is 6.54 Å². The van der Waals surface area contributed by atoms with Crippen LogP contribution in [-0.4, -0.2) is 29.7 Å². The van der Waals surface area contributed by atoms with Crippen molar-refractivity contribution in [3.05, 3.63) is 72.1 Å². The highest BCUT2D eigenvalue weighted by atomic mass is 16.5. The third kappa shape index (κ3) is 3.30. The highest BCUT2D eigenvalue weighted by Crippen LogP contribution is 2.23. The number of methoxy groups -OCH3 is 2. The molecule has 0 saturated carbocycles. The van der Waals surface area contributed by atoms with Crippen LogP contribution < -0.4 is 4.74 Å². The van der Waals surface area contributed by atoms with E-state index in [-0.39, 0.29) is 5.97 Å². The molecule has 122 valence electrons. The molecule has 0 bridgehead atoms. The van der Waals surface area contributed by atoms with Gasteiger partial charge in [-0.1, -0.05) is 24.3 Å². The Morgan fingerprint density at radius 2 is 1.92 bits per heavy atom. The molecule has 0 amide bonds. The Balaban J connectivity index is 1.84. The van der Waals surface area contributed by atoms with E-state index in [0.29, 0.717) is 12.1 Å². The molecule has 3 rings (SSSR count). The molecule has 0 aliphatic carbocycles. The number of hydrogen-bond acceptors (Lipinski definition) is 4. The van der Waals surface area contributed by atoms with Crippen molar-refractivity contribution in [3.63, 3.8) is 0 Å². The smallest absolute Gasteiger partial charge is 0.337 e. The quantitative estimate of drug-likeness (QED) is 0.676. The molecule has 0 N–H and O–H groups in total. The molecule has 0 atom stereocenters. The van der Waals surface area contributed by atoms with Gasteiger partial charge in [0.2, 0.25) is 0 Å². The van der Waals surface area contributed by atoms with Crippen LogP contribution in [-0.2, 0) is 11.3 Å². The number of benzene rings is 2. The van der Waals surface area contributed by atoms with Crippen LogP contribution >= 0.6 is 0 Å². The van der Waals surface area contributed by atoms with E-state index in [9.17, 15) is 4.79 Å². The van der Waals surface area contributed by atoms with Gasteiger partial charge in [-0.15, -0.1) is 0 Å². The molecule has 2 aromatic carbocycles. The van der Waals surface area contributed by atoms with Crippen molar-refractivity contribution >= 4 is 5.97 Å². The van der Waals surface area contributed by atoms with Gasteiger partial charge >= 0.3 is 5.97 Å². The second-order valence-electron chi connectivity index (χ2n) is 5.30. The second kappa shape index (κ2) is 7.00. The maximum atomic E-state index is 11.5. The first-order valence-corrected chi connectivity index (χ1v) is 7.54. The third-order valence-electron chi connectivity index (χ3n) is 3.77. The average Bonchev–Trinajstić information content (AvgIpc) is 3.10. The van der Waals surface area contributed by atoms with Crippen molar-refractivity contribution < 1.29 is 14.3 Å².